The minimum Gasteiger partial charge on any atom is -0.329 e. The fourth-order valence-corrected chi connectivity index (χ4v) is 2.57. The lowest BCUT2D eigenvalue weighted by atomic mass is 10.1. The molecule has 2 rings (SSSR count). The molecule has 0 bridgehead atoms. The van der Waals surface area contributed by atoms with Crippen molar-refractivity contribution < 1.29 is 9.59 Å². The molecule has 2 aromatic rings. The van der Waals surface area contributed by atoms with Crippen molar-refractivity contribution in [3.05, 3.63) is 42.2 Å². The Morgan fingerprint density at radius 3 is 2.76 bits per heavy atom. The summed E-state index contributed by atoms with van der Waals surface area (Å²) >= 11 is 1.39. The topological polar surface area (TPSA) is 64.0 Å². The lowest BCUT2D eigenvalue weighted by Gasteiger charge is -2.12. The van der Waals surface area contributed by atoms with Gasteiger partial charge < -0.3 is 9.88 Å². The summed E-state index contributed by atoms with van der Waals surface area (Å²) in [6.07, 6.45) is 3.53. The molecule has 0 aliphatic rings. The molecule has 1 aromatic carbocycles. The molecule has 0 aliphatic carbocycles. The van der Waals surface area contributed by atoms with E-state index in [0.717, 1.165) is 5.16 Å². The molecule has 0 unspecified atom stereocenters. The second-order valence-corrected chi connectivity index (χ2v) is 6.01. The zero-order chi connectivity index (χ0) is 15.4. The highest BCUT2D eigenvalue weighted by molar-refractivity contribution is 8.00. The Morgan fingerprint density at radius 2 is 2.14 bits per heavy atom. The van der Waals surface area contributed by atoms with Gasteiger partial charge in [0.15, 0.2) is 10.9 Å². The van der Waals surface area contributed by atoms with Gasteiger partial charge in [0.25, 0.3) is 0 Å². The lowest BCUT2D eigenvalue weighted by Crippen LogP contribution is -2.22. The molecular weight excluding hydrogens is 286 g/mol. The number of rotatable bonds is 5. The van der Waals surface area contributed by atoms with E-state index in [9.17, 15) is 9.59 Å². The van der Waals surface area contributed by atoms with Gasteiger partial charge in [0.1, 0.15) is 0 Å². The van der Waals surface area contributed by atoms with Crippen LogP contribution in [-0.2, 0) is 11.8 Å². The normalized spacial score (nSPS) is 12.0. The smallest absolute Gasteiger partial charge is 0.237 e. The van der Waals surface area contributed by atoms with E-state index in [4.69, 9.17) is 0 Å². The molecule has 0 saturated carbocycles. The average molecular weight is 303 g/mol. The van der Waals surface area contributed by atoms with Gasteiger partial charge in [-0.05, 0) is 26.0 Å². The average Bonchev–Trinajstić information content (AvgIpc) is 2.84. The van der Waals surface area contributed by atoms with Gasteiger partial charge in [-0.2, -0.15) is 0 Å². The number of aromatic nitrogens is 2. The van der Waals surface area contributed by atoms with Gasteiger partial charge in [0.05, 0.1) is 5.25 Å². The molecule has 1 aromatic heterocycles. The number of nitrogens with zero attached hydrogens (tertiary/aromatic N) is 2. The number of ketones is 1. The molecule has 1 heterocycles. The number of hydrogen-bond acceptors (Lipinski definition) is 4. The number of imidazole rings is 1. The summed E-state index contributed by atoms with van der Waals surface area (Å²) in [4.78, 5) is 27.7. The Bertz CT molecular complexity index is 666. The highest BCUT2D eigenvalue weighted by Crippen LogP contribution is 2.22. The van der Waals surface area contributed by atoms with E-state index in [0.29, 0.717) is 11.3 Å². The Hall–Kier alpha value is -2.08. The van der Waals surface area contributed by atoms with Crippen LogP contribution >= 0.6 is 11.8 Å². The Labute approximate surface area is 127 Å². The summed E-state index contributed by atoms with van der Waals surface area (Å²) in [7, 11) is 1.89. The number of nitrogens with one attached hydrogen (secondary N) is 1. The van der Waals surface area contributed by atoms with Crippen molar-refractivity contribution in [1.82, 2.24) is 9.55 Å². The number of amides is 1. The maximum absolute atomic E-state index is 12.2. The van der Waals surface area contributed by atoms with Crippen LogP contribution in [0.5, 0.6) is 0 Å². The Kier molecular flexibility index (Phi) is 4.80. The molecule has 1 atom stereocenters. The number of carbonyl (C=O) groups is 2. The van der Waals surface area contributed by atoms with Gasteiger partial charge in [-0.15, -0.1) is 0 Å². The quantitative estimate of drug-likeness (QED) is 0.681. The maximum Gasteiger partial charge on any atom is 0.237 e. The third-order valence-electron chi connectivity index (χ3n) is 2.97. The largest absolute Gasteiger partial charge is 0.329 e. The predicted molar refractivity (Wildman–Crippen MR) is 83.6 cm³/mol. The summed E-state index contributed by atoms with van der Waals surface area (Å²) in [6.45, 7) is 3.32. The van der Waals surface area contributed by atoms with Gasteiger partial charge in [0, 0.05) is 30.7 Å². The number of Topliss-reactive ketones (excluding diaryl/α,β-unsaturated/α-hetero) is 1. The third kappa shape index (κ3) is 3.95. The molecule has 1 amide bonds. The van der Waals surface area contributed by atoms with Gasteiger partial charge in [-0.25, -0.2) is 4.98 Å². The maximum atomic E-state index is 12.2. The first-order valence-electron chi connectivity index (χ1n) is 6.53. The van der Waals surface area contributed by atoms with Crippen LogP contribution in [0.25, 0.3) is 0 Å². The fourth-order valence-electron chi connectivity index (χ4n) is 1.74. The number of hydrogen-bond donors (Lipinski definition) is 1. The van der Waals surface area contributed by atoms with Crippen molar-refractivity contribution in [2.45, 2.75) is 24.3 Å². The highest BCUT2D eigenvalue weighted by atomic mass is 32.2. The number of anilines is 1. The summed E-state index contributed by atoms with van der Waals surface area (Å²) in [5.74, 6) is -0.148. The van der Waals surface area contributed by atoms with Gasteiger partial charge in [-0.1, -0.05) is 23.9 Å². The van der Waals surface area contributed by atoms with Gasteiger partial charge in [0.2, 0.25) is 5.91 Å². The molecule has 110 valence electrons. The van der Waals surface area contributed by atoms with Crippen LogP contribution in [0.2, 0.25) is 0 Å². The molecule has 0 saturated heterocycles. The molecule has 5 nitrogen and oxygen atoms in total. The SMILES string of the molecule is CC(=O)c1cccc(NC(=O)[C@@H](C)Sc2nccn2C)c1. The van der Waals surface area contributed by atoms with Crippen molar-refractivity contribution >= 4 is 29.1 Å². The summed E-state index contributed by atoms with van der Waals surface area (Å²) in [5.41, 5.74) is 1.21. The summed E-state index contributed by atoms with van der Waals surface area (Å²) in [5, 5.41) is 3.32. The predicted octanol–water partition coefficient (Wildman–Crippen LogP) is 2.74. The van der Waals surface area contributed by atoms with E-state index >= 15 is 0 Å². The van der Waals surface area contributed by atoms with E-state index in [1.807, 2.05) is 24.7 Å². The molecule has 0 spiro atoms. The second kappa shape index (κ2) is 6.58. The van der Waals surface area contributed by atoms with Crippen LogP contribution in [-0.4, -0.2) is 26.5 Å². The van der Waals surface area contributed by atoms with Crippen LogP contribution in [0.4, 0.5) is 5.69 Å². The number of thioether (sulfide) groups is 1. The van der Waals surface area contributed by atoms with Gasteiger partial charge in [-0.3, -0.25) is 9.59 Å². The molecular formula is C15H17N3O2S. The van der Waals surface area contributed by atoms with Crippen LogP contribution < -0.4 is 5.32 Å². The van der Waals surface area contributed by atoms with E-state index in [1.54, 1.807) is 30.5 Å². The van der Waals surface area contributed by atoms with Crippen molar-refractivity contribution in [3.8, 4) is 0 Å². The fraction of sp³-hybridized carbons (Fsp3) is 0.267. The van der Waals surface area contributed by atoms with E-state index in [1.165, 1.54) is 18.7 Å². The van der Waals surface area contributed by atoms with Crippen LogP contribution in [0.15, 0.2) is 41.8 Å². The first-order valence-corrected chi connectivity index (χ1v) is 7.41. The first kappa shape index (κ1) is 15.3. The molecule has 0 fully saturated rings. The minimum absolute atomic E-state index is 0.0264. The van der Waals surface area contributed by atoms with Crippen LogP contribution in [0, 0.1) is 0 Å². The minimum atomic E-state index is -0.285. The second-order valence-electron chi connectivity index (χ2n) is 4.71. The molecule has 6 heteroatoms. The first-order chi connectivity index (χ1) is 9.97. The third-order valence-corrected chi connectivity index (χ3v) is 4.14. The standard InChI is InChI=1S/C15H17N3O2S/c1-10(19)12-5-4-6-13(9-12)17-14(20)11(2)21-15-16-7-8-18(15)3/h4-9,11H,1-3H3,(H,17,20)/t11-/m1/s1. The van der Waals surface area contributed by atoms with Crippen LogP contribution in [0.3, 0.4) is 0 Å². The van der Waals surface area contributed by atoms with Crippen molar-refractivity contribution in [2.24, 2.45) is 7.05 Å². The van der Waals surface area contributed by atoms with E-state index < -0.39 is 0 Å². The Balaban J connectivity index is 2.02. The Morgan fingerprint density at radius 1 is 1.38 bits per heavy atom. The van der Waals surface area contributed by atoms with Gasteiger partial charge >= 0.3 is 0 Å². The number of aryl methyl sites for hydroxylation is 1. The molecule has 0 radical (unpaired) electrons. The number of carbonyl (C=O) groups excluding carboxylic acids is 2. The summed E-state index contributed by atoms with van der Waals surface area (Å²) in [6, 6.07) is 6.92. The molecule has 1 N–H and O–H groups in total. The summed E-state index contributed by atoms with van der Waals surface area (Å²) < 4.78 is 1.87. The van der Waals surface area contributed by atoms with Crippen molar-refractivity contribution in [2.75, 3.05) is 5.32 Å². The zero-order valence-corrected chi connectivity index (χ0v) is 13.0. The van der Waals surface area contributed by atoms with E-state index in [2.05, 4.69) is 10.3 Å². The van der Waals surface area contributed by atoms with Crippen molar-refractivity contribution in [3.63, 3.8) is 0 Å². The van der Waals surface area contributed by atoms with Crippen LogP contribution in [0.1, 0.15) is 24.2 Å². The molecule has 0 aliphatic heterocycles. The molecule has 21 heavy (non-hydrogen) atoms. The zero-order valence-electron chi connectivity index (χ0n) is 12.2. The number of benzene rings is 1. The van der Waals surface area contributed by atoms with Crippen molar-refractivity contribution in [1.29, 1.82) is 0 Å². The monoisotopic (exact) mass is 303 g/mol. The lowest BCUT2D eigenvalue weighted by molar-refractivity contribution is -0.115. The highest BCUT2D eigenvalue weighted by Gasteiger charge is 2.17. The van der Waals surface area contributed by atoms with E-state index in [-0.39, 0.29) is 16.9 Å².